The second-order valence-corrected chi connectivity index (χ2v) is 11.2. The molecule has 12 nitrogen and oxygen atoms in total. The van der Waals surface area contributed by atoms with Crippen molar-refractivity contribution in [1.29, 1.82) is 0 Å². The largest absolute Gasteiger partial charge is 0.462 e. The van der Waals surface area contributed by atoms with Crippen molar-refractivity contribution in [2.24, 2.45) is 0 Å². The van der Waals surface area contributed by atoms with Crippen LogP contribution in [0.4, 0.5) is 5.82 Å². The molecule has 0 radical (unpaired) electrons. The summed E-state index contributed by atoms with van der Waals surface area (Å²) in [6, 6.07) is 8.58. The molecule has 3 rings (SSSR count). The number of nitrogens with two attached hydrogens (primary N) is 1. The monoisotopic (exact) mass is 528 g/mol. The number of rotatable bonds is 10. The lowest BCUT2D eigenvalue weighted by Crippen LogP contribution is -2.38. The van der Waals surface area contributed by atoms with Gasteiger partial charge in [0.1, 0.15) is 29.1 Å². The van der Waals surface area contributed by atoms with E-state index >= 15 is 0 Å². The molecule has 0 aliphatic carbocycles. The number of ether oxygens (including phenoxy) is 1. The molecule has 35 heavy (non-hydrogen) atoms. The van der Waals surface area contributed by atoms with E-state index in [2.05, 4.69) is 10.1 Å². The van der Waals surface area contributed by atoms with Gasteiger partial charge in [-0.05, 0) is 39.0 Å². The first-order valence-electron chi connectivity index (χ1n) is 10.8. The number of para-hydroxylation sites is 1. The number of anilines is 1. The van der Waals surface area contributed by atoms with Gasteiger partial charge in [0.2, 0.25) is 0 Å². The number of nitrogens with one attached hydrogen (secondary N) is 1. The number of esters is 1. The number of nitrogen functional groups attached to an aromatic ring is 1. The lowest BCUT2D eigenvalue weighted by Gasteiger charge is -2.25. The quantitative estimate of drug-likeness (QED) is 0.257. The number of aliphatic hydroxyl groups is 2. The predicted molar refractivity (Wildman–Crippen MR) is 130 cm³/mol. The molecular formula is C21H29N4O8PS. The van der Waals surface area contributed by atoms with Crippen LogP contribution in [0.15, 0.2) is 47.4 Å². The third-order valence-electron chi connectivity index (χ3n) is 4.90. The smallest absolute Gasteiger partial charge is 0.459 e. The minimum absolute atomic E-state index is 0.0272. The van der Waals surface area contributed by atoms with E-state index in [0.29, 0.717) is 0 Å². The highest BCUT2D eigenvalue weighted by molar-refractivity contribution is 8.00. The molecule has 2 unspecified atom stereocenters. The topological polar surface area (TPSA) is 175 Å². The fourth-order valence-electron chi connectivity index (χ4n) is 3.22. The Morgan fingerprint density at radius 1 is 1.23 bits per heavy atom. The molecule has 0 spiro atoms. The van der Waals surface area contributed by atoms with Crippen molar-refractivity contribution in [3.63, 3.8) is 0 Å². The first-order valence-corrected chi connectivity index (χ1v) is 13.3. The Morgan fingerprint density at radius 2 is 1.91 bits per heavy atom. The third-order valence-corrected chi connectivity index (χ3v) is 8.09. The second-order valence-electron chi connectivity index (χ2n) is 8.12. The Balaban J connectivity index is 1.75. The van der Waals surface area contributed by atoms with Crippen LogP contribution < -0.4 is 21.0 Å². The van der Waals surface area contributed by atoms with Gasteiger partial charge in [-0.2, -0.15) is 10.1 Å². The van der Waals surface area contributed by atoms with Crippen molar-refractivity contribution in [2.75, 3.05) is 12.3 Å². The van der Waals surface area contributed by atoms with Crippen molar-refractivity contribution < 1.29 is 33.4 Å². The highest BCUT2D eigenvalue weighted by Crippen LogP contribution is 2.48. The minimum atomic E-state index is -4.16. The molecule has 1 saturated heterocycles. The molecule has 0 saturated carbocycles. The van der Waals surface area contributed by atoms with Gasteiger partial charge in [-0.25, -0.2) is 9.36 Å². The molecule has 2 heterocycles. The van der Waals surface area contributed by atoms with Gasteiger partial charge >= 0.3 is 19.4 Å². The molecule has 6 atom stereocenters. The summed E-state index contributed by atoms with van der Waals surface area (Å²) >= 11 is 1.04. The predicted octanol–water partition coefficient (Wildman–Crippen LogP) is 1.29. The van der Waals surface area contributed by atoms with Gasteiger partial charge in [-0.1, -0.05) is 18.2 Å². The van der Waals surface area contributed by atoms with Crippen molar-refractivity contribution in [2.45, 2.75) is 55.7 Å². The number of hydrogen-bond acceptors (Lipinski definition) is 11. The van der Waals surface area contributed by atoms with Gasteiger partial charge in [-0.15, -0.1) is 11.8 Å². The van der Waals surface area contributed by atoms with Gasteiger partial charge in [-0.3, -0.25) is 13.9 Å². The number of nitrogens with zero attached hydrogens (tertiary/aromatic N) is 2. The number of carbonyl (C=O) groups excluding carboxylic acids is 1. The van der Waals surface area contributed by atoms with Crippen LogP contribution >= 0.6 is 19.5 Å². The van der Waals surface area contributed by atoms with Crippen LogP contribution in [0.2, 0.25) is 0 Å². The van der Waals surface area contributed by atoms with E-state index in [-0.39, 0.29) is 24.3 Å². The van der Waals surface area contributed by atoms with Crippen molar-refractivity contribution in [1.82, 2.24) is 14.6 Å². The van der Waals surface area contributed by atoms with Gasteiger partial charge in [0.15, 0.2) is 0 Å². The molecule has 14 heteroatoms. The zero-order valence-corrected chi connectivity index (χ0v) is 21.1. The summed E-state index contributed by atoms with van der Waals surface area (Å²) in [4.78, 5) is 28.1. The first kappa shape index (κ1) is 27.2. The Morgan fingerprint density at radius 3 is 2.54 bits per heavy atom. The van der Waals surface area contributed by atoms with Crippen LogP contribution in [-0.2, 0) is 18.6 Å². The lowest BCUT2D eigenvalue weighted by molar-refractivity contribution is -0.149. The Labute approximate surface area is 206 Å². The van der Waals surface area contributed by atoms with E-state index in [4.69, 9.17) is 19.5 Å². The van der Waals surface area contributed by atoms with Gasteiger partial charge < -0.3 is 25.2 Å². The molecule has 5 N–H and O–H groups in total. The van der Waals surface area contributed by atoms with Crippen molar-refractivity contribution in [3.8, 4) is 5.75 Å². The second kappa shape index (κ2) is 11.5. The Hall–Kier alpha value is -2.41. The van der Waals surface area contributed by atoms with E-state index in [1.165, 1.54) is 19.2 Å². The zero-order chi connectivity index (χ0) is 25.8. The fraction of sp³-hybridized carbons (Fsp3) is 0.476. The van der Waals surface area contributed by atoms with E-state index in [0.717, 1.165) is 16.3 Å². The molecule has 1 aromatic heterocycles. The molecule has 2 aromatic rings. The van der Waals surface area contributed by atoms with E-state index in [1.54, 1.807) is 44.2 Å². The number of thioether (sulfide) groups is 1. The number of hydrogen-bond donors (Lipinski definition) is 4. The summed E-state index contributed by atoms with van der Waals surface area (Å²) in [7, 11) is -4.16. The highest BCUT2D eigenvalue weighted by Gasteiger charge is 2.45. The first-order chi connectivity index (χ1) is 16.5. The van der Waals surface area contributed by atoms with Crippen molar-refractivity contribution >= 4 is 31.3 Å². The molecule has 1 aliphatic heterocycles. The van der Waals surface area contributed by atoms with Crippen molar-refractivity contribution in [3.05, 3.63) is 53.1 Å². The summed E-state index contributed by atoms with van der Waals surface area (Å²) in [5.74, 6) is -0.398. The Kier molecular flexibility index (Phi) is 8.97. The maximum absolute atomic E-state index is 13.6. The summed E-state index contributed by atoms with van der Waals surface area (Å²) in [5.41, 5.74) is 4.83. The fourth-order valence-corrected chi connectivity index (χ4v) is 6.28. The summed E-state index contributed by atoms with van der Waals surface area (Å²) in [5, 5.41) is 22.0. The highest BCUT2D eigenvalue weighted by atomic mass is 32.2. The third kappa shape index (κ3) is 7.06. The number of carbonyl (C=O) groups is 1. The normalized spacial score (nSPS) is 24.6. The lowest BCUT2D eigenvalue weighted by atomic mass is 10.1. The van der Waals surface area contributed by atoms with Crippen LogP contribution in [0.5, 0.6) is 5.75 Å². The number of benzene rings is 1. The SMILES string of the molecule is CC(C)OC(=O)[C@H](C)N[P@@](=O)(OC[C@H]1S[C@@H](n2ccc(N)nc2=O)C(O)C1O)Oc1ccccc1. The molecule has 0 amide bonds. The van der Waals surface area contributed by atoms with Gasteiger partial charge in [0, 0.05) is 6.20 Å². The van der Waals surface area contributed by atoms with Crippen LogP contribution in [0.25, 0.3) is 0 Å². The van der Waals surface area contributed by atoms with Crippen LogP contribution in [0.3, 0.4) is 0 Å². The zero-order valence-electron chi connectivity index (χ0n) is 19.4. The number of aliphatic hydroxyl groups excluding tert-OH is 2. The van der Waals surface area contributed by atoms with E-state index in [9.17, 15) is 24.4 Å². The average Bonchev–Trinajstić information content (AvgIpc) is 3.06. The van der Waals surface area contributed by atoms with E-state index < -0.39 is 48.3 Å². The van der Waals surface area contributed by atoms with Gasteiger partial charge in [0.25, 0.3) is 0 Å². The summed E-state index contributed by atoms with van der Waals surface area (Å²) in [6.45, 7) is 4.49. The molecule has 1 aromatic carbocycles. The Bertz CT molecular complexity index is 1120. The maximum atomic E-state index is 13.6. The van der Waals surface area contributed by atoms with Crippen LogP contribution in [-0.4, -0.2) is 61.9 Å². The van der Waals surface area contributed by atoms with Crippen LogP contribution in [0.1, 0.15) is 26.1 Å². The standard InChI is InChI=1S/C21H29N4O8PS/c1-12(2)32-20(28)13(3)24-34(30,33-14-7-5-4-6-8-14)31-11-15-17(26)18(27)19(35-15)25-10-9-16(22)23-21(25)29/h4-10,12-13,15,17-19,26-27H,11H2,1-3H3,(H,24,30)(H2,22,23,29)/t13-,15+,17?,18?,19+,34+/m0/s1. The van der Waals surface area contributed by atoms with E-state index in [1.807, 2.05) is 0 Å². The molecule has 1 fully saturated rings. The summed E-state index contributed by atoms with van der Waals surface area (Å²) < 4.78 is 31.0. The molecular weight excluding hydrogens is 499 g/mol. The van der Waals surface area contributed by atoms with Crippen LogP contribution in [0, 0.1) is 0 Å². The molecule has 192 valence electrons. The summed E-state index contributed by atoms with van der Waals surface area (Å²) in [6.07, 6.45) is -1.66. The van der Waals surface area contributed by atoms with Gasteiger partial charge in [0.05, 0.1) is 24.1 Å². The minimum Gasteiger partial charge on any atom is -0.462 e. The molecule has 0 bridgehead atoms. The maximum Gasteiger partial charge on any atom is 0.459 e. The number of aromatic nitrogens is 2. The average molecular weight is 529 g/mol. The molecule has 1 aliphatic rings.